The molecule has 43 heavy (non-hydrogen) atoms. The smallest absolute Gasteiger partial charge is 0.0996 e. The fourth-order valence-electron chi connectivity index (χ4n) is 9.02. The van der Waals surface area contributed by atoms with Crippen LogP contribution < -0.4 is 0 Å². The van der Waals surface area contributed by atoms with Crippen LogP contribution in [0, 0.1) is 23.7 Å². The van der Waals surface area contributed by atoms with E-state index in [4.69, 9.17) is 14.7 Å². The van der Waals surface area contributed by atoms with Crippen molar-refractivity contribution in [1.29, 1.82) is 0 Å². The van der Waals surface area contributed by atoms with Gasteiger partial charge in [0.05, 0.1) is 23.2 Å². The van der Waals surface area contributed by atoms with Gasteiger partial charge < -0.3 is 4.74 Å². The Labute approximate surface area is 255 Å². The number of pyridine rings is 2. The molecule has 2 aromatic heterocycles. The molecule has 220 valence electrons. The average molecular weight is 571 g/mol. The summed E-state index contributed by atoms with van der Waals surface area (Å²) in [4.78, 5) is 14.9. The van der Waals surface area contributed by atoms with Gasteiger partial charge in [0, 0.05) is 48.3 Å². The third kappa shape index (κ3) is 4.73. The first kappa shape index (κ1) is 27.2. The molecule has 0 aliphatic carbocycles. The zero-order valence-electron chi connectivity index (χ0n) is 25.0. The molecular formula is C38H42N4O. The van der Waals surface area contributed by atoms with Crippen LogP contribution in [0.1, 0.15) is 49.0 Å². The SMILES string of the molecule is C=C[C@H]1CN2CC[C@H]1C[C@H]2[C@H](O[C@H](c1ccnc2ccccc12)[C@@H]1C[C@@H]2CCN1C[C@@H]2C=C)c1ccnc2ccccc12. The minimum Gasteiger partial charge on any atom is -0.362 e. The van der Waals surface area contributed by atoms with Gasteiger partial charge in [0.15, 0.2) is 0 Å². The standard InChI is InChI=1S/C38H42N4O/c1-3-25-23-41-19-15-27(25)21-35(41)37(31-13-17-39-33-11-7-5-9-29(31)33)43-38(32-14-18-40-34-12-8-6-10-30(32)34)36-22-28-16-20-42(36)24-26(28)4-2/h3-14,17-18,25-28,35-38H,1-2,15-16,19-24H2/t25-,26-,27-,28-,35-,36-,37+,38+/m0/s1. The monoisotopic (exact) mass is 570 g/mol. The van der Waals surface area contributed by atoms with E-state index in [0.717, 1.165) is 50.1 Å². The van der Waals surface area contributed by atoms with Crippen molar-refractivity contribution in [3.8, 4) is 0 Å². The van der Waals surface area contributed by atoms with Crippen LogP contribution in [0.5, 0.6) is 0 Å². The number of benzene rings is 2. The highest BCUT2D eigenvalue weighted by Gasteiger charge is 2.47. The predicted molar refractivity (Wildman–Crippen MR) is 174 cm³/mol. The van der Waals surface area contributed by atoms with Gasteiger partial charge in [-0.25, -0.2) is 0 Å². The van der Waals surface area contributed by atoms with Gasteiger partial charge in [0.25, 0.3) is 0 Å². The molecule has 10 atom stereocenters. The van der Waals surface area contributed by atoms with Crippen LogP contribution in [0.25, 0.3) is 21.8 Å². The normalized spacial score (nSPS) is 32.9. The lowest BCUT2D eigenvalue weighted by Crippen LogP contribution is -2.57. The molecule has 2 unspecified atom stereocenters. The fraction of sp³-hybridized carbons (Fsp3) is 0.421. The van der Waals surface area contributed by atoms with E-state index in [1.165, 1.54) is 34.7 Å². The number of piperidine rings is 6. The van der Waals surface area contributed by atoms with Gasteiger partial charge in [0.1, 0.15) is 0 Å². The lowest BCUT2D eigenvalue weighted by atomic mass is 9.72. The lowest BCUT2D eigenvalue weighted by molar-refractivity contribution is -0.140. The molecule has 10 rings (SSSR count). The van der Waals surface area contributed by atoms with E-state index in [2.05, 4.69) is 95.8 Å². The van der Waals surface area contributed by atoms with Crippen molar-refractivity contribution in [3.05, 3.63) is 109 Å². The number of hydrogen-bond donors (Lipinski definition) is 0. The molecule has 5 heteroatoms. The summed E-state index contributed by atoms with van der Waals surface area (Å²) in [5.41, 5.74) is 4.60. The molecule has 6 saturated heterocycles. The zero-order valence-corrected chi connectivity index (χ0v) is 25.0. The Bertz CT molecular complexity index is 1520. The van der Waals surface area contributed by atoms with Crippen LogP contribution in [0.2, 0.25) is 0 Å². The molecular weight excluding hydrogens is 528 g/mol. The molecule has 8 heterocycles. The van der Waals surface area contributed by atoms with Gasteiger partial charge >= 0.3 is 0 Å². The molecule has 4 bridgehead atoms. The van der Waals surface area contributed by atoms with E-state index in [0.29, 0.717) is 35.8 Å². The van der Waals surface area contributed by atoms with Crippen LogP contribution in [0.15, 0.2) is 98.4 Å². The van der Waals surface area contributed by atoms with Crippen molar-refractivity contribution < 1.29 is 4.74 Å². The first-order valence-corrected chi connectivity index (χ1v) is 16.3. The highest BCUT2D eigenvalue weighted by Crippen LogP contribution is 2.49. The molecule has 6 aliphatic rings. The van der Waals surface area contributed by atoms with E-state index in [1.54, 1.807) is 0 Å². The Kier molecular flexibility index (Phi) is 7.13. The van der Waals surface area contributed by atoms with Crippen LogP contribution in [0.3, 0.4) is 0 Å². The number of aromatic nitrogens is 2. The van der Waals surface area contributed by atoms with Crippen molar-refractivity contribution in [2.75, 3.05) is 26.2 Å². The van der Waals surface area contributed by atoms with Gasteiger partial charge in [-0.05, 0) is 97.8 Å². The van der Waals surface area contributed by atoms with Crippen LogP contribution in [-0.4, -0.2) is 58.0 Å². The third-order valence-corrected chi connectivity index (χ3v) is 11.3. The Hall–Kier alpha value is -3.38. The van der Waals surface area contributed by atoms with Crippen molar-refractivity contribution >= 4 is 21.8 Å². The van der Waals surface area contributed by atoms with Gasteiger partial charge in [-0.1, -0.05) is 48.6 Å². The van der Waals surface area contributed by atoms with Crippen molar-refractivity contribution in [2.45, 2.75) is 50.0 Å². The summed E-state index contributed by atoms with van der Waals surface area (Å²) in [6.07, 6.45) is 13.0. The Morgan fingerprint density at radius 3 is 1.56 bits per heavy atom. The molecule has 5 nitrogen and oxygen atoms in total. The molecule has 6 aliphatic heterocycles. The van der Waals surface area contributed by atoms with E-state index >= 15 is 0 Å². The predicted octanol–water partition coefficient (Wildman–Crippen LogP) is 7.37. The largest absolute Gasteiger partial charge is 0.362 e. The Morgan fingerprint density at radius 1 is 0.674 bits per heavy atom. The summed E-state index contributed by atoms with van der Waals surface area (Å²) in [6.45, 7) is 12.8. The topological polar surface area (TPSA) is 41.5 Å². The second kappa shape index (κ2) is 11.3. The quantitative estimate of drug-likeness (QED) is 0.207. The Morgan fingerprint density at radius 2 is 1.14 bits per heavy atom. The maximum Gasteiger partial charge on any atom is 0.0996 e. The lowest BCUT2D eigenvalue weighted by Gasteiger charge is -2.54. The number of hydrogen-bond acceptors (Lipinski definition) is 5. The maximum absolute atomic E-state index is 7.77. The highest BCUT2D eigenvalue weighted by molar-refractivity contribution is 5.83. The minimum absolute atomic E-state index is 0.0738. The van der Waals surface area contributed by atoms with E-state index in [9.17, 15) is 0 Å². The summed E-state index contributed by atoms with van der Waals surface area (Å²) in [6, 6.07) is 22.3. The molecule has 4 aromatic rings. The summed E-state index contributed by atoms with van der Waals surface area (Å²) >= 11 is 0. The average Bonchev–Trinajstić information content (AvgIpc) is 3.08. The maximum atomic E-state index is 7.77. The molecule has 2 aromatic carbocycles. The summed E-state index contributed by atoms with van der Waals surface area (Å²) in [5, 5.41) is 2.40. The van der Waals surface area contributed by atoms with E-state index < -0.39 is 0 Å². The van der Waals surface area contributed by atoms with Gasteiger partial charge in [0.2, 0.25) is 0 Å². The number of ether oxygens (including phenoxy) is 1. The van der Waals surface area contributed by atoms with Crippen molar-refractivity contribution in [2.24, 2.45) is 23.7 Å². The van der Waals surface area contributed by atoms with Crippen molar-refractivity contribution in [3.63, 3.8) is 0 Å². The van der Waals surface area contributed by atoms with Crippen molar-refractivity contribution in [1.82, 2.24) is 19.8 Å². The molecule has 0 N–H and O–H groups in total. The number of fused-ring (bicyclic) bond motifs is 8. The first-order valence-electron chi connectivity index (χ1n) is 16.3. The molecule has 0 saturated carbocycles. The van der Waals surface area contributed by atoms with Gasteiger partial charge in [-0.15, -0.1) is 13.2 Å². The summed E-state index contributed by atoms with van der Waals surface area (Å²) in [7, 11) is 0. The number of rotatable bonds is 8. The molecule has 6 fully saturated rings. The summed E-state index contributed by atoms with van der Waals surface area (Å²) in [5.74, 6) is 2.45. The fourth-order valence-corrected chi connectivity index (χ4v) is 9.02. The summed E-state index contributed by atoms with van der Waals surface area (Å²) < 4.78 is 7.77. The van der Waals surface area contributed by atoms with Gasteiger partial charge in [-0.3, -0.25) is 19.8 Å². The van der Waals surface area contributed by atoms with Crippen LogP contribution >= 0.6 is 0 Å². The third-order valence-electron chi connectivity index (χ3n) is 11.3. The first-order chi connectivity index (χ1) is 21.2. The Balaban J connectivity index is 1.26. The van der Waals surface area contributed by atoms with Crippen LogP contribution in [-0.2, 0) is 4.74 Å². The highest BCUT2D eigenvalue weighted by atomic mass is 16.5. The van der Waals surface area contributed by atoms with E-state index in [1.807, 2.05) is 12.4 Å². The molecule has 0 spiro atoms. The number of nitrogens with zero attached hydrogens (tertiary/aromatic N) is 4. The second-order valence-corrected chi connectivity index (χ2v) is 13.3. The second-order valence-electron chi connectivity index (χ2n) is 13.3. The molecule has 0 radical (unpaired) electrons. The number of para-hydroxylation sites is 2. The minimum atomic E-state index is -0.0738. The molecule has 0 amide bonds. The zero-order chi connectivity index (χ0) is 28.9. The van der Waals surface area contributed by atoms with Gasteiger partial charge in [-0.2, -0.15) is 0 Å². The van der Waals surface area contributed by atoms with Crippen LogP contribution in [0.4, 0.5) is 0 Å². The van der Waals surface area contributed by atoms with E-state index in [-0.39, 0.29) is 12.2 Å².